The summed E-state index contributed by atoms with van der Waals surface area (Å²) in [7, 11) is 1.59. The summed E-state index contributed by atoms with van der Waals surface area (Å²) in [6.45, 7) is 2.28. The molecule has 28 heavy (non-hydrogen) atoms. The molecule has 1 aliphatic heterocycles. The van der Waals surface area contributed by atoms with Gasteiger partial charge in [-0.3, -0.25) is 9.59 Å². The van der Waals surface area contributed by atoms with Gasteiger partial charge in [-0.15, -0.1) is 0 Å². The molecule has 0 unspecified atom stereocenters. The Labute approximate surface area is 169 Å². The molecule has 0 aromatic heterocycles. The molecule has 6 nitrogen and oxygen atoms in total. The molecule has 148 valence electrons. The first kappa shape index (κ1) is 20.0. The van der Waals surface area contributed by atoms with Crippen molar-refractivity contribution >= 4 is 29.2 Å². The van der Waals surface area contributed by atoms with Crippen LogP contribution in [0.2, 0.25) is 5.02 Å². The standard InChI is InChI=1S/C21H23ClN2O4/c1-27-17-8-6-16(7-9-17)14-21(26)28-15-20(25)24-12-10-23(11-13-24)19-5-3-2-4-18(19)22/h2-9H,10-15H2,1H3. The van der Waals surface area contributed by atoms with E-state index in [0.29, 0.717) is 31.2 Å². The van der Waals surface area contributed by atoms with Crippen LogP contribution in [-0.2, 0) is 20.7 Å². The van der Waals surface area contributed by atoms with Gasteiger partial charge >= 0.3 is 5.97 Å². The summed E-state index contributed by atoms with van der Waals surface area (Å²) in [4.78, 5) is 28.2. The molecule has 0 N–H and O–H groups in total. The minimum Gasteiger partial charge on any atom is -0.497 e. The van der Waals surface area contributed by atoms with Crippen LogP contribution < -0.4 is 9.64 Å². The van der Waals surface area contributed by atoms with Crippen molar-refractivity contribution in [2.75, 3.05) is 44.8 Å². The van der Waals surface area contributed by atoms with Gasteiger partial charge in [-0.05, 0) is 29.8 Å². The Kier molecular flexibility index (Phi) is 6.76. The second-order valence-corrected chi connectivity index (χ2v) is 6.91. The number of piperazine rings is 1. The van der Waals surface area contributed by atoms with Crippen molar-refractivity contribution in [3.05, 3.63) is 59.1 Å². The van der Waals surface area contributed by atoms with Crippen LogP contribution in [0.1, 0.15) is 5.56 Å². The lowest BCUT2D eigenvalue weighted by atomic mass is 10.1. The van der Waals surface area contributed by atoms with Gasteiger partial charge in [-0.25, -0.2) is 0 Å². The van der Waals surface area contributed by atoms with E-state index in [1.165, 1.54) is 0 Å². The maximum atomic E-state index is 12.3. The third-order valence-corrected chi connectivity index (χ3v) is 5.01. The highest BCUT2D eigenvalue weighted by molar-refractivity contribution is 6.33. The molecule has 0 atom stereocenters. The lowest BCUT2D eigenvalue weighted by Gasteiger charge is -2.36. The molecule has 0 radical (unpaired) electrons. The molecule has 1 saturated heterocycles. The Hall–Kier alpha value is -2.73. The first-order valence-corrected chi connectivity index (χ1v) is 9.50. The molecule has 0 saturated carbocycles. The smallest absolute Gasteiger partial charge is 0.310 e. The fraction of sp³-hybridized carbons (Fsp3) is 0.333. The summed E-state index contributed by atoms with van der Waals surface area (Å²) < 4.78 is 10.2. The number of anilines is 1. The zero-order chi connectivity index (χ0) is 19.9. The first-order chi connectivity index (χ1) is 13.6. The van der Waals surface area contributed by atoms with E-state index in [4.69, 9.17) is 21.1 Å². The average molecular weight is 403 g/mol. The van der Waals surface area contributed by atoms with E-state index in [9.17, 15) is 9.59 Å². The lowest BCUT2D eigenvalue weighted by molar-refractivity contribution is -0.151. The largest absolute Gasteiger partial charge is 0.497 e. The Balaban J connectivity index is 1.43. The summed E-state index contributed by atoms with van der Waals surface area (Å²) >= 11 is 6.24. The van der Waals surface area contributed by atoms with Crippen molar-refractivity contribution in [1.29, 1.82) is 0 Å². The van der Waals surface area contributed by atoms with Gasteiger partial charge in [0.05, 0.1) is 24.2 Å². The summed E-state index contributed by atoms with van der Waals surface area (Å²) in [6.07, 6.45) is 0.123. The van der Waals surface area contributed by atoms with Crippen LogP contribution in [0, 0.1) is 0 Å². The van der Waals surface area contributed by atoms with E-state index < -0.39 is 5.97 Å². The Morgan fingerprint density at radius 2 is 1.68 bits per heavy atom. The van der Waals surface area contributed by atoms with Gasteiger partial charge in [-0.1, -0.05) is 35.9 Å². The molecule has 1 fully saturated rings. The van der Waals surface area contributed by atoms with Gasteiger partial charge in [0, 0.05) is 26.2 Å². The van der Waals surface area contributed by atoms with Gasteiger partial charge in [0.15, 0.2) is 6.61 Å². The van der Waals surface area contributed by atoms with Gasteiger partial charge in [-0.2, -0.15) is 0 Å². The summed E-state index contributed by atoms with van der Waals surface area (Å²) in [5.74, 6) is 0.123. The number of para-hydroxylation sites is 1. The van der Waals surface area contributed by atoms with Gasteiger partial charge in [0.2, 0.25) is 0 Å². The molecule has 1 aliphatic rings. The van der Waals surface area contributed by atoms with Gasteiger partial charge in [0.1, 0.15) is 5.75 Å². The monoisotopic (exact) mass is 402 g/mol. The normalized spacial score (nSPS) is 13.9. The predicted molar refractivity (Wildman–Crippen MR) is 108 cm³/mol. The van der Waals surface area contributed by atoms with E-state index in [-0.39, 0.29) is 18.9 Å². The zero-order valence-electron chi connectivity index (χ0n) is 15.8. The van der Waals surface area contributed by atoms with E-state index >= 15 is 0 Å². The number of ether oxygens (including phenoxy) is 2. The number of nitrogens with zero attached hydrogens (tertiary/aromatic N) is 2. The van der Waals surface area contributed by atoms with Crippen molar-refractivity contribution < 1.29 is 19.1 Å². The van der Waals surface area contributed by atoms with Crippen molar-refractivity contribution in [2.45, 2.75) is 6.42 Å². The number of esters is 1. The molecule has 3 rings (SSSR count). The van der Waals surface area contributed by atoms with Gasteiger partial charge < -0.3 is 19.3 Å². The number of methoxy groups -OCH3 is 1. The second kappa shape index (κ2) is 9.46. The fourth-order valence-electron chi connectivity index (χ4n) is 3.10. The van der Waals surface area contributed by atoms with Crippen LogP contribution in [0.3, 0.4) is 0 Å². The Bertz CT molecular complexity index is 817. The fourth-order valence-corrected chi connectivity index (χ4v) is 3.35. The number of hydrogen-bond donors (Lipinski definition) is 0. The van der Waals surface area contributed by atoms with Crippen LogP contribution in [-0.4, -0.2) is 56.7 Å². The number of carbonyl (C=O) groups excluding carboxylic acids is 2. The maximum absolute atomic E-state index is 12.3. The Morgan fingerprint density at radius 1 is 1.00 bits per heavy atom. The van der Waals surface area contributed by atoms with Crippen LogP contribution in [0.5, 0.6) is 5.75 Å². The van der Waals surface area contributed by atoms with Gasteiger partial charge in [0.25, 0.3) is 5.91 Å². The number of halogens is 1. The molecule has 7 heteroatoms. The highest BCUT2D eigenvalue weighted by Gasteiger charge is 2.23. The summed E-state index contributed by atoms with van der Waals surface area (Å²) in [6, 6.07) is 14.8. The molecule has 2 aromatic carbocycles. The van der Waals surface area contributed by atoms with Crippen molar-refractivity contribution in [3.63, 3.8) is 0 Å². The van der Waals surface area contributed by atoms with E-state index in [1.807, 2.05) is 24.3 Å². The van der Waals surface area contributed by atoms with Crippen molar-refractivity contribution in [2.24, 2.45) is 0 Å². The maximum Gasteiger partial charge on any atom is 0.310 e. The molecular formula is C21H23ClN2O4. The van der Waals surface area contributed by atoms with E-state index in [0.717, 1.165) is 17.0 Å². The highest BCUT2D eigenvalue weighted by atomic mass is 35.5. The average Bonchev–Trinajstić information content (AvgIpc) is 2.73. The lowest BCUT2D eigenvalue weighted by Crippen LogP contribution is -2.50. The first-order valence-electron chi connectivity index (χ1n) is 9.12. The third-order valence-electron chi connectivity index (χ3n) is 4.69. The summed E-state index contributed by atoms with van der Waals surface area (Å²) in [5.41, 5.74) is 1.79. The number of benzene rings is 2. The molecule has 1 heterocycles. The summed E-state index contributed by atoms with van der Waals surface area (Å²) in [5, 5.41) is 0.703. The number of hydrogen-bond acceptors (Lipinski definition) is 5. The van der Waals surface area contributed by atoms with Crippen molar-refractivity contribution in [1.82, 2.24) is 4.90 Å². The predicted octanol–water partition coefficient (Wildman–Crippen LogP) is 2.78. The third kappa shape index (κ3) is 5.16. The van der Waals surface area contributed by atoms with E-state index in [2.05, 4.69) is 4.90 Å². The van der Waals surface area contributed by atoms with Crippen LogP contribution >= 0.6 is 11.6 Å². The molecule has 0 spiro atoms. The number of carbonyl (C=O) groups is 2. The van der Waals surface area contributed by atoms with Crippen LogP contribution in [0.25, 0.3) is 0 Å². The second-order valence-electron chi connectivity index (χ2n) is 6.50. The van der Waals surface area contributed by atoms with Crippen LogP contribution in [0.15, 0.2) is 48.5 Å². The Morgan fingerprint density at radius 3 is 2.32 bits per heavy atom. The molecule has 0 bridgehead atoms. The molecule has 1 amide bonds. The molecular weight excluding hydrogens is 380 g/mol. The highest BCUT2D eigenvalue weighted by Crippen LogP contribution is 2.26. The minimum absolute atomic E-state index is 0.123. The number of amides is 1. The van der Waals surface area contributed by atoms with Crippen molar-refractivity contribution in [3.8, 4) is 5.75 Å². The topological polar surface area (TPSA) is 59.1 Å². The van der Waals surface area contributed by atoms with Crippen LogP contribution in [0.4, 0.5) is 5.69 Å². The molecule has 2 aromatic rings. The molecule has 0 aliphatic carbocycles. The number of rotatable bonds is 6. The minimum atomic E-state index is -0.423. The SMILES string of the molecule is COc1ccc(CC(=O)OCC(=O)N2CCN(c3ccccc3Cl)CC2)cc1. The quantitative estimate of drug-likeness (QED) is 0.695. The van der Waals surface area contributed by atoms with E-state index in [1.54, 1.807) is 36.3 Å². The zero-order valence-corrected chi connectivity index (χ0v) is 16.5.